The third kappa shape index (κ3) is 5.85. The molecular weight excluding hydrogens is 306 g/mol. The van der Waals surface area contributed by atoms with Crippen LogP contribution in [-0.2, 0) is 16.1 Å². The van der Waals surface area contributed by atoms with Gasteiger partial charge in [0.15, 0.2) is 0 Å². The van der Waals surface area contributed by atoms with E-state index in [4.69, 9.17) is 0 Å². The maximum absolute atomic E-state index is 12.2. The van der Waals surface area contributed by atoms with E-state index in [-0.39, 0.29) is 11.8 Å². The van der Waals surface area contributed by atoms with Crippen molar-refractivity contribution in [3.8, 4) is 0 Å². The molecule has 0 aliphatic carbocycles. The number of carbonyl (C=O) groups excluding carboxylic acids is 2. The second kappa shape index (κ2) is 8.83. The van der Waals surface area contributed by atoms with Gasteiger partial charge in [0.05, 0.1) is 13.1 Å². The SMILES string of the molecule is CCN(CCn1cccn1)CC(=O)Nc1ccc(NC(C)=O)cc1. The largest absolute Gasteiger partial charge is 0.326 e. The van der Waals surface area contributed by atoms with Gasteiger partial charge in [-0.1, -0.05) is 6.92 Å². The summed E-state index contributed by atoms with van der Waals surface area (Å²) in [5, 5.41) is 9.71. The van der Waals surface area contributed by atoms with E-state index >= 15 is 0 Å². The number of amides is 2. The molecule has 7 heteroatoms. The summed E-state index contributed by atoms with van der Waals surface area (Å²) in [6.07, 6.45) is 3.65. The highest BCUT2D eigenvalue weighted by Gasteiger charge is 2.09. The molecule has 1 aromatic carbocycles. The van der Waals surface area contributed by atoms with E-state index in [1.54, 1.807) is 30.5 Å². The number of carbonyl (C=O) groups is 2. The van der Waals surface area contributed by atoms with E-state index in [1.807, 2.05) is 23.9 Å². The number of benzene rings is 1. The Morgan fingerprint density at radius 1 is 1.17 bits per heavy atom. The van der Waals surface area contributed by atoms with Crippen molar-refractivity contribution < 1.29 is 9.59 Å². The van der Waals surface area contributed by atoms with Crippen LogP contribution < -0.4 is 10.6 Å². The highest BCUT2D eigenvalue weighted by atomic mass is 16.2. The van der Waals surface area contributed by atoms with Crippen LogP contribution >= 0.6 is 0 Å². The molecule has 0 fully saturated rings. The van der Waals surface area contributed by atoms with E-state index in [0.717, 1.165) is 19.6 Å². The van der Waals surface area contributed by atoms with Gasteiger partial charge in [0.25, 0.3) is 0 Å². The normalized spacial score (nSPS) is 10.6. The molecule has 0 spiro atoms. The summed E-state index contributed by atoms with van der Waals surface area (Å²) in [4.78, 5) is 25.2. The molecular formula is C17H23N5O2. The smallest absolute Gasteiger partial charge is 0.238 e. The number of rotatable bonds is 8. The quantitative estimate of drug-likeness (QED) is 0.774. The number of nitrogens with one attached hydrogen (secondary N) is 2. The Hall–Kier alpha value is -2.67. The molecule has 2 rings (SSSR count). The summed E-state index contributed by atoms with van der Waals surface area (Å²) in [5.41, 5.74) is 1.41. The fourth-order valence-corrected chi connectivity index (χ4v) is 2.27. The van der Waals surface area contributed by atoms with Gasteiger partial charge in [-0.2, -0.15) is 5.10 Å². The van der Waals surface area contributed by atoms with Gasteiger partial charge in [-0.3, -0.25) is 19.2 Å². The molecule has 1 aromatic heterocycles. The fraction of sp³-hybridized carbons (Fsp3) is 0.353. The third-order valence-electron chi connectivity index (χ3n) is 3.51. The molecule has 2 aromatic rings. The Labute approximate surface area is 141 Å². The fourth-order valence-electron chi connectivity index (χ4n) is 2.27. The van der Waals surface area contributed by atoms with Crippen molar-refractivity contribution in [2.45, 2.75) is 20.4 Å². The molecule has 0 bridgehead atoms. The van der Waals surface area contributed by atoms with Crippen molar-refractivity contribution in [3.63, 3.8) is 0 Å². The average molecular weight is 329 g/mol. The van der Waals surface area contributed by atoms with Gasteiger partial charge >= 0.3 is 0 Å². The minimum atomic E-state index is -0.123. The maximum Gasteiger partial charge on any atom is 0.238 e. The Balaban J connectivity index is 1.81. The molecule has 2 amide bonds. The first kappa shape index (κ1) is 17.7. The summed E-state index contributed by atoms with van der Waals surface area (Å²) in [6, 6.07) is 8.93. The topological polar surface area (TPSA) is 79.3 Å². The van der Waals surface area contributed by atoms with Crippen LogP contribution in [0.25, 0.3) is 0 Å². The Morgan fingerprint density at radius 2 is 1.83 bits per heavy atom. The summed E-state index contributed by atoms with van der Waals surface area (Å²) < 4.78 is 1.85. The van der Waals surface area contributed by atoms with Crippen molar-refractivity contribution in [2.24, 2.45) is 0 Å². The molecule has 0 unspecified atom stereocenters. The zero-order valence-electron chi connectivity index (χ0n) is 14.0. The predicted octanol–water partition coefficient (Wildman–Crippen LogP) is 1.80. The van der Waals surface area contributed by atoms with Gasteiger partial charge in [-0.25, -0.2) is 0 Å². The van der Waals surface area contributed by atoms with Crippen LogP contribution in [0.2, 0.25) is 0 Å². The number of hydrogen-bond acceptors (Lipinski definition) is 4. The van der Waals surface area contributed by atoms with Crippen LogP contribution in [0.4, 0.5) is 11.4 Å². The van der Waals surface area contributed by atoms with Crippen molar-refractivity contribution in [3.05, 3.63) is 42.7 Å². The van der Waals surface area contributed by atoms with Crippen molar-refractivity contribution in [2.75, 3.05) is 30.3 Å². The Bertz CT molecular complexity index is 652. The third-order valence-corrected chi connectivity index (χ3v) is 3.51. The van der Waals surface area contributed by atoms with Crippen LogP contribution in [0.3, 0.4) is 0 Å². The molecule has 0 atom stereocenters. The molecule has 0 aliphatic rings. The lowest BCUT2D eigenvalue weighted by Gasteiger charge is -2.19. The maximum atomic E-state index is 12.2. The number of nitrogens with zero attached hydrogens (tertiary/aromatic N) is 3. The molecule has 0 aliphatic heterocycles. The summed E-state index contributed by atoms with van der Waals surface area (Å²) in [6.45, 7) is 6.10. The first-order chi connectivity index (χ1) is 11.6. The van der Waals surface area contributed by atoms with E-state index in [9.17, 15) is 9.59 Å². The van der Waals surface area contributed by atoms with Crippen LogP contribution in [0, 0.1) is 0 Å². The minimum Gasteiger partial charge on any atom is -0.326 e. The highest BCUT2D eigenvalue weighted by molar-refractivity contribution is 5.93. The lowest BCUT2D eigenvalue weighted by molar-refractivity contribution is -0.117. The average Bonchev–Trinajstić information content (AvgIpc) is 3.06. The standard InChI is InChI=1S/C17H23N5O2/c1-3-21(11-12-22-10-4-9-18-22)13-17(24)20-16-7-5-15(6-8-16)19-14(2)23/h4-10H,3,11-13H2,1-2H3,(H,19,23)(H,20,24). The first-order valence-corrected chi connectivity index (χ1v) is 7.94. The molecule has 7 nitrogen and oxygen atoms in total. The van der Waals surface area contributed by atoms with Gasteiger partial charge in [0, 0.05) is 37.2 Å². The van der Waals surface area contributed by atoms with Crippen molar-refractivity contribution in [1.29, 1.82) is 0 Å². The van der Waals surface area contributed by atoms with E-state index in [2.05, 4.69) is 20.6 Å². The second-order valence-corrected chi connectivity index (χ2v) is 5.44. The lowest BCUT2D eigenvalue weighted by Crippen LogP contribution is -2.35. The second-order valence-electron chi connectivity index (χ2n) is 5.44. The van der Waals surface area contributed by atoms with E-state index in [1.165, 1.54) is 6.92 Å². The number of hydrogen-bond donors (Lipinski definition) is 2. The lowest BCUT2D eigenvalue weighted by atomic mass is 10.2. The van der Waals surface area contributed by atoms with E-state index < -0.39 is 0 Å². The van der Waals surface area contributed by atoms with Gasteiger partial charge in [0.1, 0.15) is 0 Å². The number of aromatic nitrogens is 2. The molecule has 0 saturated carbocycles. The van der Waals surface area contributed by atoms with Crippen LogP contribution in [0.15, 0.2) is 42.7 Å². The molecule has 2 N–H and O–H groups in total. The van der Waals surface area contributed by atoms with Gasteiger partial charge in [0.2, 0.25) is 11.8 Å². The summed E-state index contributed by atoms with van der Waals surface area (Å²) in [7, 11) is 0. The monoisotopic (exact) mass is 329 g/mol. The van der Waals surface area contributed by atoms with Gasteiger partial charge < -0.3 is 10.6 Å². The molecule has 128 valence electrons. The summed E-state index contributed by atoms with van der Waals surface area (Å²) >= 11 is 0. The Kier molecular flexibility index (Phi) is 6.51. The van der Waals surface area contributed by atoms with Crippen molar-refractivity contribution >= 4 is 23.2 Å². The molecule has 1 heterocycles. The van der Waals surface area contributed by atoms with Crippen LogP contribution in [0.5, 0.6) is 0 Å². The molecule has 24 heavy (non-hydrogen) atoms. The Morgan fingerprint density at radius 3 is 2.38 bits per heavy atom. The van der Waals surface area contributed by atoms with Crippen LogP contribution in [-0.4, -0.2) is 46.1 Å². The zero-order chi connectivity index (χ0) is 17.4. The highest BCUT2D eigenvalue weighted by Crippen LogP contribution is 2.13. The van der Waals surface area contributed by atoms with Crippen molar-refractivity contribution in [1.82, 2.24) is 14.7 Å². The van der Waals surface area contributed by atoms with Gasteiger partial charge in [-0.05, 0) is 36.9 Å². The first-order valence-electron chi connectivity index (χ1n) is 7.94. The number of anilines is 2. The zero-order valence-corrected chi connectivity index (χ0v) is 14.0. The van der Waals surface area contributed by atoms with Crippen LogP contribution in [0.1, 0.15) is 13.8 Å². The van der Waals surface area contributed by atoms with E-state index in [0.29, 0.717) is 17.9 Å². The number of likely N-dealkylation sites (N-methyl/N-ethyl adjacent to an activating group) is 1. The minimum absolute atomic E-state index is 0.0652. The molecule has 0 saturated heterocycles. The summed E-state index contributed by atoms with van der Waals surface area (Å²) in [5.74, 6) is -0.188. The van der Waals surface area contributed by atoms with Gasteiger partial charge in [-0.15, -0.1) is 0 Å². The molecule has 0 radical (unpaired) electrons. The predicted molar refractivity (Wildman–Crippen MR) is 93.7 cm³/mol.